The second-order valence-corrected chi connectivity index (χ2v) is 7.63. The lowest BCUT2D eigenvalue weighted by molar-refractivity contribution is -0.349. The van der Waals surface area contributed by atoms with Crippen LogP contribution in [0.2, 0.25) is 0 Å². The van der Waals surface area contributed by atoms with Crippen LogP contribution in [0.4, 0.5) is 27.6 Å². The molecule has 0 aliphatic heterocycles. The fraction of sp³-hybridized carbons (Fsp3) is 0.588. The molecule has 2 N–H and O–H groups in total. The molecule has 4 aliphatic carbocycles. The van der Waals surface area contributed by atoms with Crippen LogP contribution >= 0.6 is 0 Å². The van der Waals surface area contributed by atoms with E-state index in [2.05, 4.69) is 10.5 Å². The Morgan fingerprint density at radius 3 is 2.32 bits per heavy atom. The van der Waals surface area contributed by atoms with Gasteiger partial charge >= 0.3 is 0 Å². The topological polar surface area (TPSA) is 44.6 Å². The number of hydrogen-bond donors (Lipinski definition) is 2. The monoisotopic (exact) mass is 360 g/mol. The van der Waals surface area contributed by atoms with E-state index in [4.69, 9.17) is 0 Å². The van der Waals surface area contributed by atoms with Crippen LogP contribution in [0.25, 0.3) is 0 Å². The minimum Gasteiger partial charge on any atom is -0.359 e. The van der Waals surface area contributed by atoms with E-state index >= 15 is 13.2 Å². The van der Waals surface area contributed by atoms with Crippen molar-refractivity contribution in [2.75, 3.05) is 5.43 Å². The first-order valence-electron chi connectivity index (χ1n) is 8.05. The summed E-state index contributed by atoms with van der Waals surface area (Å²) in [5.41, 5.74) is -7.38. The number of hydrazone groups is 1. The van der Waals surface area contributed by atoms with E-state index in [9.17, 15) is 13.9 Å². The molecule has 5 atom stereocenters. The molecule has 3 nitrogen and oxygen atoms in total. The number of hydrogen-bond acceptors (Lipinski definition) is 3. The van der Waals surface area contributed by atoms with Gasteiger partial charge in [0.2, 0.25) is 11.3 Å². The number of nitrogens with zero attached hydrogens (tertiary/aromatic N) is 1. The van der Waals surface area contributed by atoms with E-state index in [0.717, 1.165) is 6.92 Å². The summed E-state index contributed by atoms with van der Waals surface area (Å²) in [4.78, 5) is 0. The second-order valence-electron chi connectivity index (χ2n) is 7.63. The quantitative estimate of drug-likeness (QED) is 0.619. The van der Waals surface area contributed by atoms with Gasteiger partial charge in [0.05, 0.1) is 5.69 Å². The minimum absolute atomic E-state index is 0.299. The molecular weight excluding hydrogens is 343 g/mol. The van der Waals surface area contributed by atoms with E-state index in [1.807, 2.05) is 0 Å². The lowest BCUT2D eigenvalue weighted by Gasteiger charge is -2.66. The summed E-state index contributed by atoms with van der Waals surface area (Å²) in [6.45, 7) is 1.11. The molecule has 0 saturated heterocycles. The average molecular weight is 360 g/mol. The maximum atomic E-state index is 15.5. The molecule has 4 saturated carbocycles. The molecule has 8 heteroatoms. The zero-order valence-corrected chi connectivity index (χ0v) is 13.4. The maximum absolute atomic E-state index is 15.5. The van der Waals surface area contributed by atoms with Gasteiger partial charge in [-0.15, -0.1) is 0 Å². The van der Waals surface area contributed by atoms with Crippen LogP contribution in [0.1, 0.15) is 26.2 Å². The third kappa shape index (κ3) is 1.76. The number of alkyl halides is 5. The molecule has 0 spiro atoms. The van der Waals surface area contributed by atoms with Crippen molar-refractivity contribution < 1.29 is 27.1 Å². The van der Waals surface area contributed by atoms with E-state index < -0.39 is 59.4 Å². The van der Waals surface area contributed by atoms with Crippen LogP contribution in [-0.2, 0) is 0 Å². The fourth-order valence-electron chi connectivity index (χ4n) is 4.75. The minimum atomic E-state index is -3.88. The molecule has 0 heterocycles. The van der Waals surface area contributed by atoms with Crippen LogP contribution in [0.15, 0.2) is 35.4 Å². The van der Waals surface area contributed by atoms with Crippen molar-refractivity contribution in [2.24, 2.45) is 16.4 Å². The Bertz CT molecular complexity index is 749. The third-order valence-electron chi connectivity index (χ3n) is 6.05. The number of aliphatic hydroxyl groups is 1. The first kappa shape index (κ1) is 16.8. The summed E-state index contributed by atoms with van der Waals surface area (Å²) in [5, 5.41) is 13.7. The Balaban J connectivity index is 1.85. The summed E-state index contributed by atoms with van der Waals surface area (Å²) < 4.78 is 75.1. The van der Waals surface area contributed by atoms with Crippen molar-refractivity contribution in [2.45, 2.75) is 49.3 Å². The summed E-state index contributed by atoms with van der Waals surface area (Å²) in [6.07, 6.45) is -2.52. The molecule has 0 aromatic heterocycles. The highest BCUT2D eigenvalue weighted by atomic mass is 19.3. The largest absolute Gasteiger partial charge is 0.359 e. The average Bonchev–Trinajstić information content (AvgIpc) is 2.51. The van der Waals surface area contributed by atoms with E-state index in [0.29, 0.717) is 5.69 Å². The van der Waals surface area contributed by atoms with Crippen LogP contribution in [0.5, 0.6) is 0 Å². The number of rotatable bonds is 2. The highest BCUT2D eigenvalue weighted by Gasteiger charge is 2.88. The van der Waals surface area contributed by atoms with Gasteiger partial charge in [-0.2, -0.15) is 5.10 Å². The highest BCUT2D eigenvalue weighted by Crippen LogP contribution is 2.72. The standard InChI is InChI=1S/C17H17F5N2O/c1-13-7-10-8-14(18,17(13,22)25)12(15(19,9-13)16(10,20)21)24-23-11-5-3-2-4-6-11/h2-6,10,23,25H,7-9H2,1H3. The Hall–Kier alpha value is -1.70. The molecule has 1 aromatic carbocycles. The molecule has 25 heavy (non-hydrogen) atoms. The van der Waals surface area contributed by atoms with Gasteiger partial charge in [0.15, 0.2) is 0 Å². The number of benzene rings is 1. The first-order valence-corrected chi connectivity index (χ1v) is 8.05. The summed E-state index contributed by atoms with van der Waals surface area (Å²) in [6, 6.07) is 7.92. The molecule has 136 valence electrons. The van der Waals surface area contributed by atoms with Gasteiger partial charge in [-0.1, -0.05) is 25.1 Å². The van der Waals surface area contributed by atoms with Gasteiger partial charge in [0, 0.05) is 24.2 Å². The van der Waals surface area contributed by atoms with Crippen molar-refractivity contribution in [3.8, 4) is 0 Å². The fourth-order valence-corrected chi connectivity index (χ4v) is 4.75. The predicted octanol–water partition coefficient (Wildman–Crippen LogP) is 4.00. The van der Waals surface area contributed by atoms with Crippen molar-refractivity contribution in [3.05, 3.63) is 30.3 Å². The van der Waals surface area contributed by atoms with E-state index in [1.54, 1.807) is 18.2 Å². The number of para-hydroxylation sites is 1. The molecule has 5 rings (SSSR count). The Kier molecular flexibility index (Phi) is 3.03. The van der Waals surface area contributed by atoms with E-state index in [-0.39, 0.29) is 0 Å². The maximum Gasteiger partial charge on any atom is 0.289 e. The normalized spacial score (nSPS) is 48.8. The Morgan fingerprint density at radius 1 is 1.04 bits per heavy atom. The van der Waals surface area contributed by atoms with Crippen LogP contribution in [-0.4, -0.2) is 33.9 Å². The van der Waals surface area contributed by atoms with Gasteiger partial charge in [-0.25, -0.2) is 22.0 Å². The van der Waals surface area contributed by atoms with E-state index in [1.165, 1.54) is 12.1 Å². The summed E-state index contributed by atoms with van der Waals surface area (Å²) in [5.74, 6) is -9.04. The lowest BCUT2D eigenvalue weighted by Crippen LogP contribution is -2.83. The molecule has 0 amide bonds. The third-order valence-corrected chi connectivity index (χ3v) is 6.05. The van der Waals surface area contributed by atoms with Gasteiger partial charge < -0.3 is 5.11 Å². The summed E-state index contributed by atoms with van der Waals surface area (Å²) in [7, 11) is 0. The Morgan fingerprint density at radius 2 is 1.68 bits per heavy atom. The zero-order valence-electron chi connectivity index (χ0n) is 13.4. The number of halogens is 5. The molecule has 4 fully saturated rings. The second kappa shape index (κ2) is 4.52. The molecule has 4 bridgehead atoms. The number of anilines is 1. The summed E-state index contributed by atoms with van der Waals surface area (Å²) >= 11 is 0. The predicted molar refractivity (Wildman–Crippen MR) is 81.6 cm³/mol. The SMILES string of the molecule is CC12CC3CC(F)(C(=NNc4ccccc4)C(F)(C1)C3(F)F)C2(O)F. The zero-order chi connectivity index (χ0) is 18.3. The van der Waals surface area contributed by atoms with Crippen molar-refractivity contribution >= 4 is 11.4 Å². The van der Waals surface area contributed by atoms with Gasteiger partial charge in [-0.3, -0.25) is 5.43 Å². The Labute approximate surface area is 140 Å². The van der Waals surface area contributed by atoms with Crippen molar-refractivity contribution in [1.29, 1.82) is 0 Å². The van der Waals surface area contributed by atoms with Crippen LogP contribution in [0, 0.1) is 11.3 Å². The van der Waals surface area contributed by atoms with Crippen LogP contribution < -0.4 is 5.43 Å². The molecular formula is C17H17F5N2O. The lowest BCUT2D eigenvalue weighted by atomic mass is 9.43. The van der Waals surface area contributed by atoms with Crippen molar-refractivity contribution in [3.63, 3.8) is 0 Å². The number of nitrogens with one attached hydrogen (secondary N) is 1. The molecule has 4 aliphatic rings. The molecule has 5 unspecified atom stereocenters. The van der Waals surface area contributed by atoms with Gasteiger partial charge in [-0.05, 0) is 18.6 Å². The molecule has 0 radical (unpaired) electrons. The van der Waals surface area contributed by atoms with Crippen LogP contribution in [0.3, 0.4) is 0 Å². The van der Waals surface area contributed by atoms with Crippen molar-refractivity contribution in [1.82, 2.24) is 0 Å². The van der Waals surface area contributed by atoms with Gasteiger partial charge in [0.1, 0.15) is 5.71 Å². The highest BCUT2D eigenvalue weighted by molar-refractivity contribution is 6.04. The smallest absolute Gasteiger partial charge is 0.289 e. The first-order chi connectivity index (χ1) is 11.5. The van der Waals surface area contributed by atoms with Gasteiger partial charge in [0.25, 0.3) is 11.8 Å². The molecule has 1 aromatic rings.